The van der Waals surface area contributed by atoms with Crippen LogP contribution >= 0.6 is 0 Å². The SMILES string of the molecule is CCOc1ccc2c(c1)c(C)c(C(=O)Nc1ccc(S(=O)(=O)Nc3ccccn3)cc1)n2CC. The molecule has 0 spiro atoms. The monoisotopic (exact) mass is 478 g/mol. The van der Waals surface area contributed by atoms with E-state index in [0.29, 0.717) is 24.5 Å². The first-order valence-electron chi connectivity index (χ1n) is 10.9. The van der Waals surface area contributed by atoms with Gasteiger partial charge in [0, 0.05) is 29.3 Å². The molecule has 4 rings (SSSR count). The number of anilines is 2. The van der Waals surface area contributed by atoms with Gasteiger partial charge in [0.15, 0.2) is 0 Å². The Kier molecular flexibility index (Phi) is 6.56. The van der Waals surface area contributed by atoms with Gasteiger partial charge in [0.25, 0.3) is 15.9 Å². The molecule has 0 bridgehead atoms. The van der Waals surface area contributed by atoms with Crippen LogP contribution in [0.4, 0.5) is 11.5 Å². The van der Waals surface area contributed by atoms with Gasteiger partial charge in [0.05, 0.1) is 11.5 Å². The molecule has 0 saturated carbocycles. The maximum Gasteiger partial charge on any atom is 0.272 e. The summed E-state index contributed by atoms with van der Waals surface area (Å²) in [5, 5.41) is 3.84. The zero-order valence-electron chi connectivity index (χ0n) is 19.2. The standard InChI is InChI=1S/C25H26N4O4S/c1-4-29-22-14-11-19(33-5-2)16-21(22)17(3)24(29)25(30)27-18-9-12-20(13-10-18)34(31,32)28-23-8-6-7-15-26-23/h6-16H,4-5H2,1-3H3,(H,26,28)(H,27,30). The van der Waals surface area contributed by atoms with Crippen LogP contribution in [0.3, 0.4) is 0 Å². The number of ether oxygens (including phenoxy) is 1. The average Bonchev–Trinajstić information content (AvgIpc) is 3.11. The number of fused-ring (bicyclic) bond motifs is 1. The van der Waals surface area contributed by atoms with Crippen molar-refractivity contribution in [2.75, 3.05) is 16.6 Å². The lowest BCUT2D eigenvalue weighted by molar-refractivity contribution is 0.101. The highest BCUT2D eigenvalue weighted by atomic mass is 32.2. The van der Waals surface area contributed by atoms with E-state index in [-0.39, 0.29) is 16.6 Å². The summed E-state index contributed by atoms with van der Waals surface area (Å²) < 4.78 is 35.2. The first-order chi connectivity index (χ1) is 16.3. The van der Waals surface area contributed by atoms with Gasteiger partial charge in [0.1, 0.15) is 17.3 Å². The van der Waals surface area contributed by atoms with Crippen LogP contribution in [0.15, 0.2) is 71.8 Å². The smallest absolute Gasteiger partial charge is 0.272 e. The number of hydrogen-bond donors (Lipinski definition) is 2. The van der Waals surface area contributed by atoms with E-state index in [4.69, 9.17) is 4.74 Å². The molecule has 8 nitrogen and oxygen atoms in total. The normalized spacial score (nSPS) is 11.4. The Morgan fingerprint density at radius 1 is 1.06 bits per heavy atom. The first kappa shape index (κ1) is 23.3. The van der Waals surface area contributed by atoms with Crippen LogP contribution in [-0.4, -0.2) is 30.5 Å². The minimum absolute atomic E-state index is 0.0680. The molecule has 176 valence electrons. The van der Waals surface area contributed by atoms with Gasteiger partial charge < -0.3 is 14.6 Å². The number of benzene rings is 2. The lowest BCUT2D eigenvalue weighted by atomic mass is 10.1. The summed E-state index contributed by atoms with van der Waals surface area (Å²) in [6.07, 6.45) is 1.51. The number of pyridine rings is 1. The van der Waals surface area contributed by atoms with Crippen LogP contribution in [0.25, 0.3) is 10.9 Å². The van der Waals surface area contributed by atoms with Crippen molar-refractivity contribution < 1.29 is 17.9 Å². The van der Waals surface area contributed by atoms with Crippen molar-refractivity contribution in [2.45, 2.75) is 32.2 Å². The molecule has 0 saturated heterocycles. The van der Waals surface area contributed by atoms with Crippen LogP contribution in [0.5, 0.6) is 5.75 Å². The fourth-order valence-electron chi connectivity index (χ4n) is 3.91. The minimum atomic E-state index is -3.80. The molecule has 9 heteroatoms. The molecule has 0 fully saturated rings. The molecule has 2 heterocycles. The minimum Gasteiger partial charge on any atom is -0.494 e. The third kappa shape index (κ3) is 4.60. The largest absolute Gasteiger partial charge is 0.494 e. The number of sulfonamides is 1. The van der Waals surface area contributed by atoms with E-state index in [1.807, 2.05) is 43.5 Å². The molecule has 0 aliphatic carbocycles. The summed E-state index contributed by atoms with van der Waals surface area (Å²) in [5.74, 6) is 0.723. The highest BCUT2D eigenvalue weighted by Gasteiger charge is 2.21. The van der Waals surface area contributed by atoms with E-state index < -0.39 is 10.0 Å². The molecule has 0 unspecified atom stereocenters. The van der Waals surface area contributed by atoms with E-state index in [0.717, 1.165) is 22.2 Å². The molecule has 0 atom stereocenters. The zero-order chi connectivity index (χ0) is 24.3. The first-order valence-corrected chi connectivity index (χ1v) is 12.4. The fourth-order valence-corrected chi connectivity index (χ4v) is 4.91. The van der Waals surface area contributed by atoms with Crippen molar-refractivity contribution in [1.82, 2.24) is 9.55 Å². The number of rotatable bonds is 8. The summed E-state index contributed by atoms with van der Waals surface area (Å²) in [7, 11) is -3.80. The number of carbonyl (C=O) groups excluding carboxylic acids is 1. The molecule has 2 aromatic carbocycles. The number of aryl methyl sites for hydroxylation is 2. The molecule has 2 aromatic heterocycles. The maximum atomic E-state index is 13.2. The molecule has 1 amide bonds. The summed E-state index contributed by atoms with van der Waals surface area (Å²) in [6, 6.07) is 16.8. The van der Waals surface area contributed by atoms with Gasteiger partial charge in [-0.15, -0.1) is 0 Å². The third-order valence-corrected chi connectivity index (χ3v) is 6.83. The van der Waals surface area contributed by atoms with E-state index in [1.165, 1.54) is 18.3 Å². The summed E-state index contributed by atoms with van der Waals surface area (Å²) in [5.41, 5.74) is 2.86. The quantitative estimate of drug-likeness (QED) is 0.378. The van der Waals surface area contributed by atoms with Gasteiger partial charge >= 0.3 is 0 Å². The molecule has 0 radical (unpaired) electrons. The van der Waals surface area contributed by atoms with Crippen molar-refractivity contribution in [3.63, 3.8) is 0 Å². The molecule has 4 aromatic rings. The van der Waals surface area contributed by atoms with Crippen LogP contribution in [0, 0.1) is 6.92 Å². The van der Waals surface area contributed by atoms with E-state index in [1.54, 1.807) is 30.3 Å². The van der Waals surface area contributed by atoms with Gasteiger partial charge in [-0.05, 0) is 80.9 Å². The number of hydrogen-bond acceptors (Lipinski definition) is 5. The highest BCUT2D eigenvalue weighted by molar-refractivity contribution is 7.92. The average molecular weight is 479 g/mol. The van der Waals surface area contributed by atoms with Crippen LogP contribution < -0.4 is 14.8 Å². The van der Waals surface area contributed by atoms with E-state index in [9.17, 15) is 13.2 Å². The summed E-state index contributed by atoms with van der Waals surface area (Å²) in [4.78, 5) is 17.3. The fraction of sp³-hybridized carbons (Fsp3) is 0.200. The second-order valence-electron chi connectivity index (χ2n) is 7.63. The number of carbonyl (C=O) groups is 1. The molecular formula is C25H26N4O4S. The van der Waals surface area contributed by atoms with Crippen LogP contribution in [-0.2, 0) is 16.6 Å². The van der Waals surface area contributed by atoms with Crippen LogP contribution in [0.1, 0.15) is 29.9 Å². The number of aromatic nitrogens is 2. The Morgan fingerprint density at radius 3 is 2.47 bits per heavy atom. The van der Waals surface area contributed by atoms with Gasteiger partial charge in [-0.25, -0.2) is 13.4 Å². The number of nitrogens with zero attached hydrogens (tertiary/aromatic N) is 2. The van der Waals surface area contributed by atoms with Gasteiger partial charge in [-0.3, -0.25) is 9.52 Å². The molecule has 0 aliphatic heterocycles. The zero-order valence-corrected chi connectivity index (χ0v) is 20.0. The van der Waals surface area contributed by atoms with E-state index in [2.05, 4.69) is 15.0 Å². The van der Waals surface area contributed by atoms with Gasteiger partial charge in [-0.1, -0.05) is 6.07 Å². The molecular weight excluding hydrogens is 452 g/mol. The van der Waals surface area contributed by atoms with Crippen molar-refractivity contribution in [2.24, 2.45) is 0 Å². The maximum absolute atomic E-state index is 13.2. The Bertz CT molecular complexity index is 1430. The lowest BCUT2D eigenvalue weighted by Gasteiger charge is -2.11. The second kappa shape index (κ2) is 9.56. The predicted molar refractivity (Wildman–Crippen MR) is 133 cm³/mol. The number of amides is 1. The van der Waals surface area contributed by atoms with Gasteiger partial charge in [-0.2, -0.15) is 0 Å². The second-order valence-corrected chi connectivity index (χ2v) is 9.31. The Hall–Kier alpha value is -3.85. The molecule has 2 N–H and O–H groups in total. The topological polar surface area (TPSA) is 102 Å². The molecule has 0 aliphatic rings. The summed E-state index contributed by atoms with van der Waals surface area (Å²) >= 11 is 0. The Labute approximate surface area is 198 Å². The lowest BCUT2D eigenvalue weighted by Crippen LogP contribution is -2.18. The van der Waals surface area contributed by atoms with E-state index >= 15 is 0 Å². The van der Waals surface area contributed by atoms with Crippen LogP contribution in [0.2, 0.25) is 0 Å². The third-order valence-electron chi connectivity index (χ3n) is 5.46. The Morgan fingerprint density at radius 2 is 1.82 bits per heavy atom. The predicted octanol–water partition coefficient (Wildman–Crippen LogP) is 4.82. The van der Waals surface area contributed by atoms with Crippen molar-refractivity contribution >= 4 is 38.3 Å². The van der Waals surface area contributed by atoms with Crippen molar-refractivity contribution in [3.05, 3.63) is 78.1 Å². The Balaban J connectivity index is 1.58. The molecule has 34 heavy (non-hydrogen) atoms. The highest BCUT2D eigenvalue weighted by Crippen LogP contribution is 2.30. The van der Waals surface area contributed by atoms with Crippen molar-refractivity contribution in [1.29, 1.82) is 0 Å². The number of nitrogens with one attached hydrogen (secondary N) is 2. The summed E-state index contributed by atoms with van der Waals surface area (Å²) in [6.45, 7) is 7.02. The van der Waals surface area contributed by atoms with Crippen molar-refractivity contribution in [3.8, 4) is 5.75 Å². The van der Waals surface area contributed by atoms with Gasteiger partial charge in [0.2, 0.25) is 0 Å².